The molecule has 31 heteroatoms. The highest BCUT2D eigenvalue weighted by atomic mass is 32.2. The van der Waals surface area contributed by atoms with Crippen molar-refractivity contribution in [3.63, 3.8) is 0 Å². The second-order valence-corrected chi connectivity index (χ2v) is 25.5. The molecule has 8 N–H and O–H groups in total. The van der Waals surface area contributed by atoms with E-state index in [0.29, 0.717) is 86.8 Å². The van der Waals surface area contributed by atoms with Gasteiger partial charge in [0.05, 0.1) is 63.0 Å². The number of ether oxygens (including phenoxy) is 1. The monoisotopic (exact) mass is 1340 g/mol. The van der Waals surface area contributed by atoms with Gasteiger partial charge in [-0.25, -0.2) is 8.78 Å². The Bertz CT molecular complexity index is 3000. The van der Waals surface area contributed by atoms with E-state index in [0.717, 1.165) is 35.4 Å². The number of carboxylic acids is 3. The number of aliphatic carboxylic acids is 3. The zero-order valence-corrected chi connectivity index (χ0v) is 54.2. The van der Waals surface area contributed by atoms with Gasteiger partial charge in [0.15, 0.2) is 0 Å². The summed E-state index contributed by atoms with van der Waals surface area (Å²) in [5.41, 5.74) is 3.00. The standard InChI is InChI=1S/C62H87F2N13O14S2/c1-44-7-9-45(10-8-44)5-4-6-53(79)67-15-31-92-41-51(70-54(80)37-72-18-20-73(38-56(82)83)22-24-75(40-58(86)87)25-23-74(21-19-72)39-57(84)85)60(89)68-16-32-93-42-52(78)61(90)76-28-26-71(27-29-76)17-2-3-30-91-47-11-12-50-49(33-47)48(13-14-66-50)59(88)69-36-55(81)77-43-62(63,64)34-46(77)35-65/h7-14,33,46,51-52,78H,2-6,15-32,34,36-43H2,1H3,(H,67,79)(H,68,89)(H,69,88)(H,70,80)(H,82,83)(H,84,85)(H,86,87)/t46-,51+,52-/m1/s1. The first kappa shape index (κ1) is 74.7. The van der Waals surface area contributed by atoms with Crippen molar-refractivity contribution in [1.82, 2.24) is 60.6 Å². The minimum Gasteiger partial charge on any atom is -0.494 e. The lowest BCUT2D eigenvalue weighted by molar-refractivity contribution is -0.141. The average molecular weight is 1340 g/mol. The van der Waals surface area contributed by atoms with Crippen molar-refractivity contribution in [2.75, 3.05) is 167 Å². The Hall–Kier alpha value is -7.31. The molecule has 6 amide bonds. The quantitative estimate of drug-likeness (QED) is 0.0375. The summed E-state index contributed by atoms with van der Waals surface area (Å²) >= 11 is 2.63. The summed E-state index contributed by atoms with van der Waals surface area (Å²) in [6.07, 6.45) is 2.64. The average Bonchev–Trinajstić information content (AvgIpc) is 1.56. The topological polar surface area (TPSA) is 351 Å². The number of benzene rings is 2. The number of hydrogen-bond donors (Lipinski definition) is 8. The molecule has 0 radical (unpaired) electrons. The van der Waals surface area contributed by atoms with Crippen molar-refractivity contribution in [3.05, 3.63) is 71.4 Å². The number of halogens is 2. The second kappa shape index (κ2) is 38.8. The number of unbranched alkanes of at least 4 members (excludes halogenated alkanes) is 1. The van der Waals surface area contributed by atoms with Crippen LogP contribution in [0.25, 0.3) is 10.9 Å². The smallest absolute Gasteiger partial charge is 0.317 e. The van der Waals surface area contributed by atoms with Crippen LogP contribution in [0.4, 0.5) is 8.78 Å². The molecule has 0 bridgehead atoms. The number of likely N-dealkylation sites (tertiary alicyclic amines) is 1. The molecule has 3 aliphatic rings. The highest BCUT2D eigenvalue weighted by Crippen LogP contribution is 2.32. The third kappa shape index (κ3) is 26.9. The number of hydrogen-bond acceptors (Lipinski definition) is 20. The first-order valence-electron chi connectivity index (χ1n) is 31.2. The predicted octanol–water partition coefficient (Wildman–Crippen LogP) is 0.379. The Morgan fingerprint density at radius 1 is 0.710 bits per heavy atom. The van der Waals surface area contributed by atoms with Crippen LogP contribution in [0.15, 0.2) is 54.7 Å². The van der Waals surface area contributed by atoms with Crippen molar-refractivity contribution in [1.29, 1.82) is 5.26 Å². The zero-order valence-electron chi connectivity index (χ0n) is 52.5. The molecule has 3 aromatic rings. The van der Waals surface area contributed by atoms with E-state index in [1.54, 1.807) is 48.8 Å². The number of carboxylic acid groups (broad SMARTS) is 3. The maximum Gasteiger partial charge on any atom is 0.317 e. The van der Waals surface area contributed by atoms with E-state index >= 15 is 0 Å². The third-order valence-electron chi connectivity index (χ3n) is 15.9. The molecular weight excluding hydrogens is 1250 g/mol. The number of aryl methyl sites for hydroxylation is 2. The number of thioether (sulfide) groups is 2. The summed E-state index contributed by atoms with van der Waals surface area (Å²) in [6, 6.07) is 14.1. The van der Waals surface area contributed by atoms with Crippen LogP contribution in [0, 0.1) is 18.3 Å². The van der Waals surface area contributed by atoms with Gasteiger partial charge in [-0.05, 0) is 69.0 Å². The minimum atomic E-state index is -3.18. The van der Waals surface area contributed by atoms with Gasteiger partial charge in [-0.2, -0.15) is 28.8 Å². The molecule has 2 aromatic carbocycles. The van der Waals surface area contributed by atoms with E-state index < -0.39 is 91.1 Å². The molecule has 0 aliphatic carbocycles. The van der Waals surface area contributed by atoms with Crippen LogP contribution < -0.4 is 26.0 Å². The number of amides is 6. The maximum atomic E-state index is 13.9. The molecule has 93 heavy (non-hydrogen) atoms. The number of aromatic nitrogens is 1. The number of nitriles is 1. The third-order valence-corrected chi connectivity index (χ3v) is 18.0. The minimum absolute atomic E-state index is 0.0746. The second-order valence-electron chi connectivity index (χ2n) is 23.2. The molecule has 0 unspecified atom stereocenters. The van der Waals surface area contributed by atoms with Crippen LogP contribution in [-0.2, 0) is 44.8 Å². The zero-order chi connectivity index (χ0) is 67.3. The van der Waals surface area contributed by atoms with Crippen molar-refractivity contribution < 1.29 is 77.1 Å². The molecule has 3 aliphatic heterocycles. The summed E-state index contributed by atoms with van der Waals surface area (Å²) in [5.74, 6) is -7.88. The van der Waals surface area contributed by atoms with Gasteiger partial charge >= 0.3 is 17.9 Å². The van der Waals surface area contributed by atoms with Gasteiger partial charge < -0.3 is 56.2 Å². The van der Waals surface area contributed by atoms with E-state index in [2.05, 4.69) is 31.2 Å². The number of pyridine rings is 1. The normalized spacial score (nSPS) is 17.9. The molecule has 3 atom stereocenters. The van der Waals surface area contributed by atoms with Crippen molar-refractivity contribution in [2.24, 2.45) is 0 Å². The molecule has 3 fully saturated rings. The van der Waals surface area contributed by atoms with Crippen molar-refractivity contribution >= 4 is 87.8 Å². The summed E-state index contributed by atoms with van der Waals surface area (Å²) < 4.78 is 33.8. The summed E-state index contributed by atoms with van der Waals surface area (Å²) in [5, 5.41) is 60.6. The number of rotatable bonds is 34. The van der Waals surface area contributed by atoms with Gasteiger partial charge in [-0.3, -0.25) is 72.6 Å². The predicted molar refractivity (Wildman–Crippen MR) is 344 cm³/mol. The fraction of sp³-hybridized carbons (Fsp3) is 0.597. The molecule has 6 rings (SSSR count). The number of carbonyl (C=O) groups is 9. The van der Waals surface area contributed by atoms with Crippen LogP contribution in [0.3, 0.4) is 0 Å². The first-order valence-corrected chi connectivity index (χ1v) is 33.5. The lowest BCUT2D eigenvalue weighted by atomic mass is 10.1. The molecule has 510 valence electrons. The largest absolute Gasteiger partial charge is 0.494 e. The summed E-state index contributed by atoms with van der Waals surface area (Å²) in [6.45, 7) is 4.55. The van der Waals surface area contributed by atoms with E-state index in [4.69, 9.17) is 4.74 Å². The van der Waals surface area contributed by atoms with E-state index in [1.165, 1.54) is 35.8 Å². The number of fused-ring (bicyclic) bond motifs is 1. The number of aliphatic hydroxyl groups is 1. The number of alkyl halides is 2. The Morgan fingerprint density at radius 3 is 1.89 bits per heavy atom. The van der Waals surface area contributed by atoms with Gasteiger partial charge in [0.25, 0.3) is 17.7 Å². The number of carbonyl (C=O) groups excluding carboxylic acids is 6. The molecule has 0 spiro atoms. The van der Waals surface area contributed by atoms with Crippen LogP contribution in [-0.4, -0.2) is 304 Å². The van der Waals surface area contributed by atoms with Gasteiger partial charge in [0.1, 0.15) is 23.9 Å². The molecule has 1 aromatic heterocycles. The van der Waals surface area contributed by atoms with Crippen LogP contribution in [0.5, 0.6) is 5.75 Å². The van der Waals surface area contributed by atoms with Gasteiger partial charge in [-0.1, -0.05) is 29.8 Å². The van der Waals surface area contributed by atoms with Crippen LogP contribution in [0.2, 0.25) is 0 Å². The molecular formula is C62H87F2N13O14S2. The van der Waals surface area contributed by atoms with Crippen LogP contribution >= 0.6 is 23.5 Å². The SMILES string of the molecule is Cc1ccc(CCCC(=O)NCCSC[C@H](NC(=O)CN2CCN(CC(=O)O)CCN(CC(=O)O)CCN(CC(=O)O)CC2)C(=O)NCCSC[C@@H](O)C(=O)N2CCN(CCCCOc3ccc4nccc(C(=O)NCC(=O)N5CC(F)(F)C[C@@H]5C#N)c4c3)CC2)cc1. The molecule has 3 saturated heterocycles. The Morgan fingerprint density at radius 2 is 1.29 bits per heavy atom. The van der Waals surface area contributed by atoms with Crippen molar-refractivity contribution in [2.45, 2.75) is 69.6 Å². The number of aliphatic hydroxyl groups excluding tert-OH is 1. The lowest BCUT2D eigenvalue weighted by Crippen LogP contribution is -2.53. The number of nitrogens with zero attached hydrogens (tertiary/aromatic N) is 9. The van der Waals surface area contributed by atoms with Gasteiger partial charge in [-0.15, -0.1) is 0 Å². The number of nitrogens with one attached hydrogen (secondary N) is 4. The first-order chi connectivity index (χ1) is 44.5. The fourth-order valence-corrected chi connectivity index (χ4v) is 12.5. The Balaban J connectivity index is 0.922. The molecule has 0 saturated carbocycles. The van der Waals surface area contributed by atoms with E-state index in [1.807, 2.05) is 31.2 Å². The Kier molecular flexibility index (Phi) is 31.2. The highest BCUT2D eigenvalue weighted by molar-refractivity contribution is 7.99. The van der Waals surface area contributed by atoms with E-state index in [-0.39, 0.29) is 108 Å². The van der Waals surface area contributed by atoms with Gasteiger partial charge in [0, 0.05) is 139 Å². The Labute approximate surface area is 548 Å². The van der Waals surface area contributed by atoms with E-state index in [9.17, 15) is 77.6 Å². The molecule has 4 heterocycles. The summed E-state index contributed by atoms with van der Waals surface area (Å²) in [4.78, 5) is 130. The fourth-order valence-electron chi connectivity index (χ4n) is 10.8. The molecule has 27 nitrogen and oxygen atoms in total. The van der Waals surface area contributed by atoms with Gasteiger partial charge in [0.2, 0.25) is 23.6 Å². The summed E-state index contributed by atoms with van der Waals surface area (Å²) in [7, 11) is 0. The number of piperazine rings is 1. The van der Waals surface area contributed by atoms with Crippen LogP contribution in [0.1, 0.15) is 53.6 Å². The lowest BCUT2D eigenvalue weighted by Gasteiger charge is -2.35. The maximum absolute atomic E-state index is 13.9. The van der Waals surface area contributed by atoms with Crippen molar-refractivity contribution in [3.8, 4) is 11.8 Å². The highest BCUT2D eigenvalue weighted by Gasteiger charge is 2.47.